The molecule has 3 heterocycles. The predicted molar refractivity (Wildman–Crippen MR) is 232 cm³/mol. The maximum absolute atomic E-state index is 14.4. The van der Waals surface area contributed by atoms with Gasteiger partial charge in [0, 0.05) is 54.3 Å². The number of aliphatic hydroxyl groups is 1. The van der Waals surface area contributed by atoms with Crippen LogP contribution in [0.5, 0.6) is 0 Å². The van der Waals surface area contributed by atoms with E-state index in [1.54, 1.807) is 6.92 Å². The van der Waals surface area contributed by atoms with Gasteiger partial charge in [0.1, 0.15) is 34.5 Å². The number of thiol groups is 1. The number of aromatic nitrogens is 2. The summed E-state index contributed by atoms with van der Waals surface area (Å²) in [6.07, 6.45) is 4.59. The summed E-state index contributed by atoms with van der Waals surface area (Å²) in [6, 6.07) is 27.4. The number of piperidine rings is 1. The molecule has 5 N–H and O–H groups in total. The van der Waals surface area contributed by atoms with E-state index in [9.17, 15) is 22.4 Å². The van der Waals surface area contributed by atoms with E-state index in [0.29, 0.717) is 41.8 Å². The van der Waals surface area contributed by atoms with Crippen LogP contribution in [0, 0.1) is 44.6 Å². The van der Waals surface area contributed by atoms with E-state index >= 15 is 0 Å². The van der Waals surface area contributed by atoms with Crippen molar-refractivity contribution in [2.45, 2.75) is 74.8 Å². The molecule has 2 saturated carbocycles. The van der Waals surface area contributed by atoms with Crippen LogP contribution in [0.2, 0.25) is 0 Å². The van der Waals surface area contributed by atoms with E-state index in [0.717, 1.165) is 43.0 Å². The molecule has 5 aromatic rings. The number of carbonyl (C=O) groups is 1. The summed E-state index contributed by atoms with van der Waals surface area (Å²) in [5.74, 6) is -1.04. The summed E-state index contributed by atoms with van der Waals surface area (Å²) in [5.41, 5.74) is 4.93. The van der Waals surface area contributed by atoms with Gasteiger partial charge in [-0.25, -0.2) is 17.6 Å². The minimum atomic E-state index is -0.426. The molecule has 0 amide bonds. The molecular formula is C44H48Cl2F4KN4O3S2+. The molecule has 1 saturated heterocycles. The summed E-state index contributed by atoms with van der Waals surface area (Å²) < 4.78 is 58.5. The van der Waals surface area contributed by atoms with Crippen molar-refractivity contribution in [3.8, 4) is 5.40 Å². The first-order chi connectivity index (χ1) is 27.0. The number of nitrogens with zero attached hydrogens (tertiary/aromatic N) is 2. The molecule has 2 aliphatic carbocycles. The van der Waals surface area contributed by atoms with Crippen LogP contribution >= 0.6 is 49.7 Å². The molecule has 60 heavy (non-hydrogen) atoms. The average molecular weight is 931 g/mol. The first-order valence-electron chi connectivity index (χ1n) is 18.7. The number of H-pyrrole nitrogens is 1. The Morgan fingerprint density at radius 1 is 0.867 bits per heavy atom. The fourth-order valence-corrected chi connectivity index (χ4v) is 8.96. The van der Waals surface area contributed by atoms with E-state index in [1.165, 1.54) is 47.0 Å². The third-order valence-corrected chi connectivity index (χ3v) is 11.7. The van der Waals surface area contributed by atoms with Crippen molar-refractivity contribution in [2.75, 3.05) is 13.2 Å². The summed E-state index contributed by atoms with van der Waals surface area (Å²) >= 11 is 8.60. The number of fused-ring (bicyclic) bond motifs is 4. The number of benzene rings is 4. The van der Waals surface area contributed by atoms with E-state index in [-0.39, 0.29) is 135 Å². The Hall–Kier alpha value is -2.36. The summed E-state index contributed by atoms with van der Waals surface area (Å²) in [7, 11) is 0. The van der Waals surface area contributed by atoms with Crippen molar-refractivity contribution < 1.29 is 84.3 Å². The van der Waals surface area contributed by atoms with Gasteiger partial charge < -0.3 is 25.5 Å². The van der Waals surface area contributed by atoms with Gasteiger partial charge in [0.25, 0.3) is 0 Å². The van der Waals surface area contributed by atoms with Gasteiger partial charge in [0.15, 0.2) is 4.77 Å². The zero-order valence-corrected chi connectivity index (χ0v) is 39.7. The number of Topliss-reactive ketones (excluding diaryl/α,β-unsaturated/α-hetero) is 1. The number of aliphatic hydroxyl groups excluding tert-OH is 1. The van der Waals surface area contributed by atoms with Crippen molar-refractivity contribution in [1.82, 2.24) is 14.9 Å². The monoisotopic (exact) mass is 929 g/mol. The average Bonchev–Trinajstić information content (AvgIpc) is 3.98. The van der Waals surface area contributed by atoms with Crippen LogP contribution in [0.4, 0.5) is 17.6 Å². The van der Waals surface area contributed by atoms with Gasteiger partial charge in [-0.1, -0.05) is 73.3 Å². The van der Waals surface area contributed by atoms with Crippen molar-refractivity contribution in [3.05, 3.63) is 159 Å². The molecule has 1 unspecified atom stereocenters. The van der Waals surface area contributed by atoms with Gasteiger partial charge in [0.05, 0.1) is 6.04 Å². The van der Waals surface area contributed by atoms with Crippen LogP contribution in [0.3, 0.4) is 0 Å². The normalized spacial score (nSPS) is 21.5. The fraction of sp³-hybridized carbons (Fsp3) is 0.341. The van der Waals surface area contributed by atoms with Crippen LogP contribution in [0.25, 0.3) is 0 Å². The molecule has 4 aliphatic rings. The van der Waals surface area contributed by atoms with Crippen molar-refractivity contribution in [1.29, 1.82) is 5.26 Å². The number of ketones is 1. The Balaban J connectivity index is 0.000000346. The number of nitriles is 1. The first kappa shape index (κ1) is 53.8. The smallest absolute Gasteiger partial charge is 0.412 e. The number of hydrogen-bond acceptors (Lipinski definition) is 6. The first-order valence-corrected chi connectivity index (χ1v) is 19.6. The third kappa shape index (κ3) is 11.8. The molecule has 1 aromatic heterocycles. The number of rotatable bonds is 9. The number of carbonyl (C=O) groups excluding carboxylic acids is 1. The molecular weight excluding hydrogens is 883 g/mol. The van der Waals surface area contributed by atoms with E-state index in [2.05, 4.69) is 39.6 Å². The summed E-state index contributed by atoms with van der Waals surface area (Å²) in [6.45, 7) is 3.10. The number of aromatic amines is 1. The fourth-order valence-electron chi connectivity index (χ4n) is 8.67. The number of imidazole rings is 1. The number of hydrogen-bond donors (Lipinski definition) is 4. The Bertz CT molecular complexity index is 2290. The molecule has 0 spiro atoms. The van der Waals surface area contributed by atoms with Crippen LogP contribution in [-0.2, 0) is 41.4 Å². The second-order valence-corrected chi connectivity index (χ2v) is 15.3. The van der Waals surface area contributed by atoms with Crippen molar-refractivity contribution in [3.63, 3.8) is 0 Å². The second kappa shape index (κ2) is 23.9. The Morgan fingerprint density at radius 2 is 1.37 bits per heavy atom. The van der Waals surface area contributed by atoms with Crippen LogP contribution in [0.15, 0.2) is 97.1 Å². The quantitative estimate of drug-likeness (QED) is 0.0485. The predicted octanol–water partition coefficient (Wildman–Crippen LogP) is 5.86. The van der Waals surface area contributed by atoms with Gasteiger partial charge in [-0.15, -0.1) is 24.8 Å². The van der Waals surface area contributed by atoms with Crippen LogP contribution < -0.4 is 56.7 Å². The zero-order valence-electron chi connectivity index (χ0n) is 33.3. The second-order valence-electron chi connectivity index (χ2n) is 14.7. The molecule has 2 aliphatic heterocycles. The molecule has 316 valence electrons. The molecule has 7 nitrogen and oxygen atoms in total. The Labute approximate surface area is 413 Å². The minimum Gasteiger partial charge on any atom is -0.412 e. The topological polar surface area (TPSA) is 125 Å². The van der Waals surface area contributed by atoms with Crippen molar-refractivity contribution >= 4 is 55.4 Å². The molecule has 3 fully saturated rings. The summed E-state index contributed by atoms with van der Waals surface area (Å²) in [4.78, 5) is 15.9. The van der Waals surface area contributed by atoms with Crippen molar-refractivity contribution in [2.24, 2.45) is 5.92 Å². The molecule has 4 aromatic carbocycles. The molecule has 16 heteroatoms. The number of aryl methyl sites for hydroxylation is 3. The number of halogens is 6. The standard InChI is InChI=1S/C21H18F2N2S.C20H19F2NO.C2H6O.CHNS.2ClH.K.H2O/c22-14-7-8-17(23)15(10-14)21-11-16(21)19-18(24-20(26)25(19)12-21)9-6-13-4-2-1-3-5-13;21-14-7-8-17(22)15(10-14)20-11-16(20)19(23-12-20)18(24)9-6-13-4-2-1-3-5-13;1-2-3;2-1-3;;;;/h1-5,7-8,10,16H,6,9,11-12H2,(H,24,26);1-5,7-8,10,16,19,23H,6,9,11-12H2;3H,2H2,1H3;3H;2*1H;;1H2/q;;;;;;+1;/t16-,21+;16-,19?,20+;;;;;;/m00....../s1. The van der Waals surface area contributed by atoms with Gasteiger partial charge in [-0.3, -0.25) is 4.79 Å². The van der Waals surface area contributed by atoms with Gasteiger partial charge in [-0.05, 0) is 116 Å². The van der Waals surface area contributed by atoms with Crippen LogP contribution in [-0.4, -0.2) is 45.1 Å². The van der Waals surface area contributed by atoms with Crippen LogP contribution in [0.1, 0.15) is 65.7 Å². The van der Waals surface area contributed by atoms with Gasteiger partial charge in [-0.2, -0.15) is 5.26 Å². The summed E-state index contributed by atoms with van der Waals surface area (Å²) in [5, 5.41) is 19.4. The number of thiocyanates is 1. The SMILES string of the molecule is CCO.Cl.Cl.Fc1ccc(F)c([C@]23C[C@H]2c2c(CCc4ccccc4)[nH]c(=S)n2C3)c1.N#CS.O.O=C(CCc1ccccc1)C1NC[C@@]2(c3cc(F)ccc3F)C[C@@H]12.[K+]. The van der Waals surface area contributed by atoms with Gasteiger partial charge in [0.2, 0.25) is 0 Å². The van der Waals surface area contributed by atoms with E-state index < -0.39 is 11.2 Å². The maximum atomic E-state index is 14.4. The molecule has 9 rings (SSSR count). The Morgan fingerprint density at radius 3 is 1.88 bits per heavy atom. The Kier molecular flexibility index (Phi) is 21.4. The maximum Gasteiger partial charge on any atom is 1.00 e. The van der Waals surface area contributed by atoms with E-state index in [1.807, 2.05) is 48.5 Å². The molecule has 0 radical (unpaired) electrons. The zero-order chi connectivity index (χ0) is 40.0. The third-order valence-electron chi connectivity index (χ3n) is 11.4. The van der Waals surface area contributed by atoms with E-state index in [4.69, 9.17) is 22.6 Å². The van der Waals surface area contributed by atoms with Gasteiger partial charge >= 0.3 is 51.4 Å². The largest absolute Gasteiger partial charge is 1.00 e. The minimum absolute atomic E-state index is 0. The molecule has 0 bridgehead atoms. The molecule has 5 atom stereocenters. The number of nitrogens with one attached hydrogen (secondary N) is 2.